The van der Waals surface area contributed by atoms with Gasteiger partial charge in [0.15, 0.2) is 11.5 Å². The molecule has 4 aliphatic rings. The van der Waals surface area contributed by atoms with Crippen LogP contribution < -0.4 is 14.5 Å². The summed E-state index contributed by atoms with van der Waals surface area (Å²) in [6, 6.07) is 12.0. The number of anilines is 2. The fraction of sp³-hybridized carbons (Fsp3) is 0.314. The normalized spacial score (nSPS) is 28.3. The first-order valence-electron chi connectivity index (χ1n) is 15.0. The molecule has 0 radical (unpaired) electrons. The topological polar surface area (TPSA) is 104 Å². The van der Waals surface area contributed by atoms with Crippen LogP contribution in [0.15, 0.2) is 64.7 Å². The van der Waals surface area contributed by atoms with Gasteiger partial charge in [0, 0.05) is 10.9 Å². The zero-order valence-electron chi connectivity index (χ0n) is 25.4. The summed E-state index contributed by atoms with van der Waals surface area (Å²) >= 11 is 15.9. The molecule has 0 aromatic heterocycles. The SMILES string of the molecule is COc1cc(C2C3=CCC4C(=O)N(c5ccc(C)c(Cl)c5)C(=O)C4C3CC3C(=O)N(c4ccc(F)c(Cl)c4)C(=O)C32C)cc(Br)c1O. The van der Waals surface area contributed by atoms with Crippen molar-refractivity contribution in [2.75, 3.05) is 16.9 Å². The minimum Gasteiger partial charge on any atom is -0.503 e. The third-order valence-electron chi connectivity index (χ3n) is 10.5. The third-order valence-corrected chi connectivity index (χ3v) is 11.8. The summed E-state index contributed by atoms with van der Waals surface area (Å²) in [6.07, 6.45) is 2.31. The maximum absolute atomic E-state index is 14.6. The van der Waals surface area contributed by atoms with Crippen molar-refractivity contribution in [2.45, 2.75) is 32.6 Å². The van der Waals surface area contributed by atoms with Crippen molar-refractivity contribution in [2.24, 2.45) is 29.1 Å². The van der Waals surface area contributed by atoms with Gasteiger partial charge >= 0.3 is 0 Å². The van der Waals surface area contributed by atoms with Crippen LogP contribution in [-0.4, -0.2) is 35.8 Å². The van der Waals surface area contributed by atoms with Gasteiger partial charge in [0.2, 0.25) is 23.6 Å². The number of amides is 4. The minimum absolute atomic E-state index is 0.133. The number of phenols is 1. The second-order valence-corrected chi connectivity index (χ2v) is 14.4. The summed E-state index contributed by atoms with van der Waals surface area (Å²) in [7, 11) is 1.41. The summed E-state index contributed by atoms with van der Waals surface area (Å²) in [4.78, 5) is 59.3. The van der Waals surface area contributed by atoms with E-state index in [1.165, 1.54) is 24.1 Å². The van der Waals surface area contributed by atoms with Crippen molar-refractivity contribution in [1.29, 1.82) is 0 Å². The number of aryl methyl sites for hydroxylation is 1. The van der Waals surface area contributed by atoms with Crippen molar-refractivity contribution in [3.8, 4) is 11.5 Å². The molecule has 47 heavy (non-hydrogen) atoms. The summed E-state index contributed by atoms with van der Waals surface area (Å²) in [5.74, 6) is -6.08. The minimum atomic E-state index is -1.36. The van der Waals surface area contributed by atoms with E-state index in [2.05, 4.69) is 15.9 Å². The van der Waals surface area contributed by atoms with E-state index in [1.54, 1.807) is 37.3 Å². The standard InChI is InChI=1S/C35H28BrCl2FN2O6/c1-15-4-5-17(12-24(15)37)40-31(43)20-8-7-19-21(28(20)33(40)45)14-22-32(44)41(18-6-9-26(39)25(38)13-18)34(46)35(22,2)29(19)16-10-23(36)30(42)27(11-16)47-3/h4-7,9-13,20-22,28-29,42H,8,14H2,1-3H3. The van der Waals surface area contributed by atoms with Gasteiger partial charge < -0.3 is 9.84 Å². The van der Waals surface area contributed by atoms with Crippen LogP contribution in [-0.2, 0) is 19.2 Å². The highest BCUT2D eigenvalue weighted by atomic mass is 79.9. The van der Waals surface area contributed by atoms with Crippen LogP contribution in [0.3, 0.4) is 0 Å². The molecule has 2 saturated heterocycles. The molecule has 7 rings (SSSR count). The lowest BCUT2D eigenvalue weighted by Crippen LogP contribution is -2.48. The number of carbonyl (C=O) groups is 4. The number of ether oxygens (including phenoxy) is 1. The second-order valence-electron chi connectivity index (χ2n) is 12.8. The molecule has 0 bridgehead atoms. The smallest absolute Gasteiger partial charge is 0.241 e. The highest BCUT2D eigenvalue weighted by Gasteiger charge is 2.67. The van der Waals surface area contributed by atoms with Crippen LogP contribution >= 0.6 is 39.1 Å². The van der Waals surface area contributed by atoms with Crippen LogP contribution in [0.25, 0.3) is 0 Å². The molecule has 3 aromatic carbocycles. The van der Waals surface area contributed by atoms with Crippen LogP contribution in [0.1, 0.15) is 36.8 Å². The predicted molar refractivity (Wildman–Crippen MR) is 177 cm³/mol. The van der Waals surface area contributed by atoms with Gasteiger partial charge in [-0.3, -0.25) is 19.2 Å². The van der Waals surface area contributed by atoms with Gasteiger partial charge in [-0.2, -0.15) is 0 Å². The number of aromatic hydroxyl groups is 1. The Morgan fingerprint density at radius 3 is 2.30 bits per heavy atom. The molecule has 1 saturated carbocycles. The van der Waals surface area contributed by atoms with Crippen LogP contribution in [0.5, 0.6) is 11.5 Å². The summed E-state index contributed by atoms with van der Waals surface area (Å²) in [5.41, 5.74) is 1.29. The van der Waals surface area contributed by atoms with Crippen molar-refractivity contribution in [3.63, 3.8) is 0 Å². The average molecular weight is 742 g/mol. The van der Waals surface area contributed by atoms with E-state index in [1.807, 2.05) is 13.0 Å². The Kier molecular flexibility index (Phi) is 7.57. The van der Waals surface area contributed by atoms with Gasteiger partial charge in [0.25, 0.3) is 0 Å². The number of rotatable bonds is 4. The Labute approximate surface area is 288 Å². The molecule has 242 valence electrons. The molecule has 2 aliphatic carbocycles. The zero-order valence-corrected chi connectivity index (χ0v) is 28.5. The predicted octanol–water partition coefficient (Wildman–Crippen LogP) is 7.35. The molecule has 4 amide bonds. The molecule has 6 atom stereocenters. The lowest BCUT2D eigenvalue weighted by atomic mass is 9.51. The first-order valence-corrected chi connectivity index (χ1v) is 16.6. The van der Waals surface area contributed by atoms with Gasteiger partial charge in [-0.25, -0.2) is 14.2 Å². The first-order chi connectivity index (χ1) is 22.3. The number of benzene rings is 3. The summed E-state index contributed by atoms with van der Waals surface area (Å²) in [6.45, 7) is 3.56. The average Bonchev–Trinajstić information content (AvgIpc) is 3.40. The Balaban J connectivity index is 1.39. The molecule has 3 aromatic rings. The highest BCUT2D eigenvalue weighted by Crippen LogP contribution is 2.64. The number of methoxy groups -OCH3 is 1. The van der Waals surface area contributed by atoms with Crippen LogP contribution in [0.2, 0.25) is 10.0 Å². The summed E-state index contributed by atoms with van der Waals surface area (Å²) in [5, 5.41) is 10.8. The number of hydrogen-bond acceptors (Lipinski definition) is 6. The Morgan fingerprint density at radius 2 is 1.62 bits per heavy atom. The maximum atomic E-state index is 14.6. The number of hydrogen-bond donors (Lipinski definition) is 1. The molecular formula is C35H28BrCl2FN2O6. The molecular weight excluding hydrogens is 714 g/mol. The highest BCUT2D eigenvalue weighted by molar-refractivity contribution is 9.10. The number of phenolic OH excluding ortho intramolecular Hbond substituents is 1. The summed E-state index contributed by atoms with van der Waals surface area (Å²) < 4.78 is 19.9. The third kappa shape index (κ3) is 4.51. The Hall–Kier alpha value is -3.73. The fourth-order valence-electron chi connectivity index (χ4n) is 8.16. The zero-order chi connectivity index (χ0) is 33.7. The van der Waals surface area contributed by atoms with Gasteiger partial charge in [0.1, 0.15) is 5.82 Å². The fourth-order valence-corrected chi connectivity index (χ4v) is 8.97. The molecule has 3 fully saturated rings. The second kappa shape index (κ2) is 11.2. The Morgan fingerprint density at radius 1 is 0.936 bits per heavy atom. The van der Waals surface area contributed by atoms with E-state index in [4.69, 9.17) is 27.9 Å². The molecule has 0 spiro atoms. The van der Waals surface area contributed by atoms with E-state index in [0.717, 1.165) is 22.1 Å². The molecule has 6 unspecified atom stereocenters. The van der Waals surface area contributed by atoms with Gasteiger partial charge in [0.05, 0.1) is 51.1 Å². The number of imide groups is 2. The van der Waals surface area contributed by atoms with E-state index in [9.17, 15) is 28.7 Å². The lowest BCUT2D eigenvalue weighted by molar-refractivity contribution is -0.131. The van der Waals surface area contributed by atoms with Crippen molar-refractivity contribution < 1.29 is 33.4 Å². The number of nitrogens with zero attached hydrogens (tertiary/aromatic N) is 2. The largest absolute Gasteiger partial charge is 0.503 e. The molecule has 12 heteroatoms. The molecule has 2 aliphatic heterocycles. The molecule has 2 heterocycles. The number of carbonyl (C=O) groups excluding carboxylic acids is 4. The van der Waals surface area contributed by atoms with Crippen molar-refractivity contribution in [3.05, 3.63) is 91.6 Å². The van der Waals surface area contributed by atoms with Gasteiger partial charge in [-0.15, -0.1) is 0 Å². The van der Waals surface area contributed by atoms with E-state index in [0.29, 0.717) is 20.7 Å². The van der Waals surface area contributed by atoms with Crippen molar-refractivity contribution in [1.82, 2.24) is 0 Å². The quantitative estimate of drug-likeness (QED) is 0.222. The number of fused-ring (bicyclic) bond motifs is 4. The van der Waals surface area contributed by atoms with Crippen LogP contribution in [0.4, 0.5) is 15.8 Å². The monoisotopic (exact) mass is 740 g/mol. The molecule has 8 nitrogen and oxygen atoms in total. The van der Waals surface area contributed by atoms with Gasteiger partial charge in [-0.05, 0) is 102 Å². The number of halogens is 4. The van der Waals surface area contributed by atoms with E-state index < -0.39 is 52.6 Å². The molecule has 1 N–H and O–H groups in total. The first kappa shape index (κ1) is 31.8. The Bertz CT molecular complexity index is 1970. The number of allylic oxidation sites excluding steroid dienone is 2. The van der Waals surface area contributed by atoms with Crippen molar-refractivity contribution >= 4 is 74.1 Å². The maximum Gasteiger partial charge on any atom is 0.241 e. The lowest BCUT2D eigenvalue weighted by Gasteiger charge is -2.49. The van der Waals surface area contributed by atoms with Crippen LogP contribution in [0, 0.1) is 41.8 Å². The van der Waals surface area contributed by atoms with E-state index >= 15 is 0 Å². The van der Waals surface area contributed by atoms with E-state index in [-0.39, 0.29) is 46.9 Å². The van der Waals surface area contributed by atoms with Gasteiger partial charge in [-0.1, -0.05) is 40.9 Å².